The SMILES string of the molecule is NC(CCO)c1cc([N+](=O)[O-])ccc1O. The van der Waals surface area contributed by atoms with Crippen molar-refractivity contribution in [2.24, 2.45) is 5.73 Å². The van der Waals surface area contributed by atoms with Crippen molar-refractivity contribution in [2.75, 3.05) is 6.61 Å². The van der Waals surface area contributed by atoms with E-state index in [9.17, 15) is 15.2 Å². The molecule has 1 rings (SSSR count). The van der Waals surface area contributed by atoms with Crippen molar-refractivity contribution < 1.29 is 15.1 Å². The van der Waals surface area contributed by atoms with E-state index in [2.05, 4.69) is 0 Å². The van der Waals surface area contributed by atoms with Crippen LogP contribution in [0.5, 0.6) is 5.75 Å². The number of phenols is 1. The van der Waals surface area contributed by atoms with E-state index in [1.165, 1.54) is 18.2 Å². The van der Waals surface area contributed by atoms with Crippen LogP contribution in [-0.2, 0) is 0 Å². The van der Waals surface area contributed by atoms with Crippen LogP contribution in [0, 0.1) is 10.1 Å². The molecule has 1 aromatic carbocycles. The maximum Gasteiger partial charge on any atom is 0.270 e. The van der Waals surface area contributed by atoms with E-state index in [1.807, 2.05) is 0 Å². The number of benzene rings is 1. The second-order valence-electron chi connectivity index (χ2n) is 3.12. The van der Waals surface area contributed by atoms with Crippen molar-refractivity contribution in [2.45, 2.75) is 12.5 Å². The Morgan fingerprint density at radius 2 is 2.20 bits per heavy atom. The first-order valence-electron chi connectivity index (χ1n) is 4.40. The van der Waals surface area contributed by atoms with Gasteiger partial charge in [-0.25, -0.2) is 0 Å². The second kappa shape index (κ2) is 4.72. The minimum Gasteiger partial charge on any atom is -0.508 e. The monoisotopic (exact) mass is 212 g/mol. The summed E-state index contributed by atoms with van der Waals surface area (Å²) in [5, 5.41) is 28.6. The summed E-state index contributed by atoms with van der Waals surface area (Å²) in [7, 11) is 0. The van der Waals surface area contributed by atoms with Gasteiger partial charge in [0.1, 0.15) is 5.75 Å². The van der Waals surface area contributed by atoms with E-state index in [0.717, 1.165) is 0 Å². The van der Waals surface area contributed by atoms with Crippen LogP contribution < -0.4 is 5.73 Å². The molecule has 15 heavy (non-hydrogen) atoms. The Balaban J connectivity index is 3.04. The molecular weight excluding hydrogens is 200 g/mol. The van der Waals surface area contributed by atoms with Crippen molar-refractivity contribution in [3.63, 3.8) is 0 Å². The fourth-order valence-corrected chi connectivity index (χ4v) is 1.25. The largest absolute Gasteiger partial charge is 0.508 e. The first kappa shape index (κ1) is 11.4. The molecule has 0 aliphatic heterocycles. The summed E-state index contributed by atoms with van der Waals surface area (Å²) in [5.74, 6) is -0.0958. The van der Waals surface area contributed by atoms with Crippen molar-refractivity contribution in [1.29, 1.82) is 0 Å². The van der Waals surface area contributed by atoms with E-state index >= 15 is 0 Å². The molecule has 1 aromatic rings. The van der Waals surface area contributed by atoms with Gasteiger partial charge in [0.2, 0.25) is 0 Å². The number of nitrogens with zero attached hydrogens (tertiary/aromatic N) is 1. The Morgan fingerprint density at radius 1 is 1.53 bits per heavy atom. The lowest BCUT2D eigenvalue weighted by molar-refractivity contribution is -0.385. The molecule has 82 valence electrons. The van der Waals surface area contributed by atoms with Crippen molar-refractivity contribution in [3.8, 4) is 5.75 Å². The zero-order valence-corrected chi connectivity index (χ0v) is 7.96. The number of rotatable bonds is 4. The minimum atomic E-state index is -0.602. The van der Waals surface area contributed by atoms with Gasteiger partial charge in [-0.15, -0.1) is 0 Å². The number of nitrogens with two attached hydrogens (primary N) is 1. The first-order chi connectivity index (χ1) is 7.06. The molecule has 0 saturated heterocycles. The standard InChI is InChI=1S/C9H12N2O4/c10-8(3-4-12)7-5-6(11(14)15)1-2-9(7)13/h1-2,5,8,12-13H,3-4,10H2. The van der Waals surface area contributed by atoms with Gasteiger partial charge in [0, 0.05) is 30.3 Å². The number of nitro groups is 1. The predicted molar refractivity (Wildman–Crippen MR) is 53.4 cm³/mol. The molecule has 6 nitrogen and oxygen atoms in total. The molecule has 1 unspecified atom stereocenters. The van der Waals surface area contributed by atoms with Gasteiger partial charge < -0.3 is 15.9 Å². The van der Waals surface area contributed by atoms with Gasteiger partial charge in [-0.2, -0.15) is 0 Å². The Morgan fingerprint density at radius 3 is 2.73 bits per heavy atom. The lowest BCUT2D eigenvalue weighted by Gasteiger charge is -2.11. The Bertz CT molecular complexity index is 367. The third-order valence-corrected chi connectivity index (χ3v) is 2.06. The average Bonchev–Trinajstić information content (AvgIpc) is 2.18. The number of nitro benzene ring substituents is 1. The van der Waals surface area contributed by atoms with Crippen LogP contribution in [0.1, 0.15) is 18.0 Å². The molecule has 0 radical (unpaired) electrons. The number of aromatic hydroxyl groups is 1. The fraction of sp³-hybridized carbons (Fsp3) is 0.333. The van der Waals surface area contributed by atoms with Gasteiger partial charge in [-0.3, -0.25) is 10.1 Å². The van der Waals surface area contributed by atoms with E-state index in [1.54, 1.807) is 0 Å². The van der Waals surface area contributed by atoms with Gasteiger partial charge in [-0.05, 0) is 12.5 Å². The molecular formula is C9H12N2O4. The number of phenolic OH excluding ortho intramolecular Hbond substituents is 1. The molecule has 4 N–H and O–H groups in total. The van der Waals surface area contributed by atoms with Crippen LogP contribution in [0.15, 0.2) is 18.2 Å². The summed E-state index contributed by atoms with van der Waals surface area (Å²) in [6.07, 6.45) is 0.245. The summed E-state index contributed by atoms with van der Waals surface area (Å²) in [4.78, 5) is 9.92. The van der Waals surface area contributed by atoms with E-state index < -0.39 is 11.0 Å². The van der Waals surface area contributed by atoms with Gasteiger partial charge in [0.25, 0.3) is 5.69 Å². The van der Waals surface area contributed by atoms with Gasteiger partial charge >= 0.3 is 0 Å². The molecule has 0 aliphatic rings. The number of aliphatic hydroxyl groups is 1. The second-order valence-corrected chi connectivity index (χ2v) is 3.12. The minimum absolute atomic E-state index is 0.0958. The number of hydrogen-bond donors (Lipinski definition) is 3. The highest BCUT2D eigenvalue weighted by Gasteiger charge is 2.15. The fourth-order valence-electron chi connectivity index (χ4n) is 1.25. The molecule has 0 spiro atoms. The Kier molecular flexibility index (Phi) is 3.59. The van der Waals surface area contributed by atoms with Crippen LogP contribution in [0.3, 0.4) is 0 Å². The van der Waals surface area contributed by atoms with Crippen molar-refractivity contribution in [1.82, 2.24) is 0 Å². The number of non-ortho nitro benzene ring substituents is 1. The lowest BCUT2D eigenvalue weighted by Crippen LogP contribution is -2.12. The number of hydrogen-bond acceptors (Lipinski definition) is 5. The smallest absolute Gasteiger partial charge is 0.270 e. The van der Waals surface area contributed by atoms with Gasteiger partial charge in [0.15, 0.2) is 0 Å². The Labute approximate surface area is 86.1 Å². The van der Waals surface area contributed by atoms with E-state index in [4.69, 9.17) is 10.8 Å². The zero-order chi connectivity index (χ0) is 11.4. The summed E-state index contributed by atoms with van der Waals surface area (Å²) in [6.45, 7) is -0.136. The van der Waals surface area contributed by atoms with Crippen molar-refractivity contribution >= 4 is 5.69 Å². The van der Waals surface area contributed by atoms with Crippen LogP contribution >= 0.6 is 0 Å². The summed E-state index contributed by atoms with van der Waals surface area (Å²) >= 11 is 0. The molecule has 0 aromatic heterocycles. The van der Waals surface area contributed by atoms with Crippen LogP contribution in [0.2, 0.25) is 0 Å². The average molecular weight is 212 g/mol. The molecule has 0 saturated carbocycles. The highest BCUT2D eigenvalue weighted by atomic mass is 16.6. The molecule has 0 heterocycles. The third kappa shape index (κ3) is 2.64. The highest BCUT2D eigenvalue weighted by Crippen LogP contribution is 2.28. The third-order valence-electron chi connectivity index (χ3n) is 2.06. The molecule has 1 atom stereocenters. The maximum atomic E-state index is 10.5. The normalized spacial score (nSPS) is 12.4. The van der Waals surface area contributed by atoms with Crippen LogP contribution in [0.4, 0.5) is 5.69 Å². The van der Waals surface area contributed by atoms with Gasteiger partial charge in [-0.1, -0.05) is 0 Å². The zero-order valence-electron chi connectivity index (χ0n) is 7.96. The molecule has 0 fully saturated rings. The van der Waals surface area contributed by atoms with Crippen molar-refractivity contribution in [3.05, 3.63) is 33.9 Å². The molecule has 0 amide bonds. The van der Waals surface area contributed by atoms with Crippen LogP contribution in [-0.4, -0.2) is 21.7 Å². The summed E-state index contributed by atoms with van der Waals surface area (Å²) in [6, 6.07) is 3.04. The summed E-state index contributed by atoms with van der Waals surface area (Å²) < 4.78 is 0. The first-order valence-corrected chi connectivity index (χ1v) is 4.40. The molecule has 0 bridgehead atoms. The highest BCUT2D eigenvalue weighted by molar-refractivity contribution is 5.44. The molecule has 0 aliphatic carbocycles. The van der Waals surface area contributed by atoms with E-state index in [-0.39, 0.29) is 30.0 Å². The van der Waals surface area contributed by atoms with Gasteiger partial charge in [0.05, 0.1) is 4.92 Å². The van der Waals surface area contributed by atoms with E-state index in [0.29, 0.717) is 0 Å². The summed E-state index contributed by atoms with van der Waals surface area (Å²) in [5.41, 5.74) is 5.78. The number of aliphatic hydroxyl groups excluding tert-OH is 1. The topological polar surface area (TPSA) is 110 Å². The lowest BCUT2D eigenvalue weighted by atomic mass is 10.0. The quantitative estimate of drug-likeness (QED) is 0.502. The molecule has 6 heteroatoms. The maximum absolute atomic E-state index is 10.5. The predicted octanol–water partition coefficient (Wildman–Crippen LogP) is 0.683. The van der Waals surface area contributed by atoms with Crippen LogP contribution in [0.25, 0.3) is 0 Å². The Hall–Kier alpha value is -1.66.